The van der Waals surface area contributed by atoms with E-state index in [1.54, 1.807) is 38.2 Å². The highest BCUT2D eigenvalue weighted by Gasteiger charge is 2.46. The lowest BCUT2D eigenvalue weighted by molar-refractivity contribution is -0.137. The van der Waals surface area contributed by atoms with Crippen molar-refractivity contribution in [2.75, 3.05) is 27.8 Å². The van der Waals surface area contributed by atoms with Crippen LogP contribution in [-0.2, 0) is 20.9 Å². The van der Waals surface area contributed by atoms with Gasteiger partial charge in [0.05, 0.1) is 19.3 Å². The van der Waals surface area contributed by atoms with Crippen molar-refractivity contribution in [3.63, 3.8) is 0 Å². The van der Waals surface area contributed by atoms with Crippen LogP contribution in [0.2, 0.25) is 0 Å². The fourth-order valence-electron chi connectivity index (χ4n) is 3.95. The van der Waals surface area contributed by atoms with Gasteiger partial charge in [-0.1, -0.05) is 36.4 Å². The summed E-state index contributed by atoms with van der Waals surface area (Å²) in [6.07, 6.45) is 8.49. The van der Waals surface area contributed by atoms with Gasteiger partial charge in [0.15, 0.2) is 0 Å². The van der Waals surface area contributed by atoms with E-state index in [1.165, 1.54) is 6.07 Å². The van der Waals surface area contributed by atoms with Gasteiger partial charge in [-0.25, -0.2) is 4.39 Å². The van der Waals surface area contributed by atoms with Crippen LogP contribution in [0.3, 0.4) is 0 Å². The number of methoxy groups -OCH3 is 1. The van der Waals surface area contributed by atoms with Gasteiger partial charge in [0.1, 0.15) is 11.4 Å². The van der Waals surface area contributed by atoms with Gasteiger partial charge in [0.2, 0.25) is 5.91 Å². The van der Waals surface area contributed by atoms with Crippen LogP contribution in [-0.4, -0.2) is 56.3 Å². The van der Waals surface area contributed by atoms with Crippen LogP contribution in [0.15, 0.2) is 48.1 Å². The molecule has 2 unspecified atom stereocenters. The van der Waals surface area contributed by atoms with Crippen LogP contribution in [0.4, 0.5) is 4.39 Å². The minimum Gasteiger partial charge on any atom is -0.382 e. The molecule has 2 aliphatic rings. The average Bonchev–Trinajstić information content (AvgIpc) is 3.12. The highest BCUT2D eigenvalue weighted by atomic mass is 19.1. The van der Waals surface area contributed by atoms with Gasteiger partial charge in [0, 0.05) is 32.8 Å². The number of benzene rings is 1. The molecule has 3 atom stereocenters. The summed E-state index contributed by atoms with van der Waals surface area (Å²) in [6, 6.07) is 6.78. The van der Waals surface area contributed by atoms with Crippen molar-refractivity contribution in [1.29, 1.82) is 0 Å². The first kappa shape index (κ1) is 20.7. The summed E-state index contributed by atoms with van der Waals surface area (Å²) >= 11 is 0. The Morgan fingerprint density at radius 1 is 1.36 bits per heavy atom. The Bertz CT molecular complexity index is 762. The molecule has 1 saturated heterocycles. The van der Waals surface area contributed by atoms with Crippen molar-refractivity contribution in [1.82, 2.24) is 10.2 Å². The van der Waals surface area contributed by atoms with Crippen LogP contribution >= 0.6 is 0 Å². The second-order valence-corrected chi connectivity index (χ2v) is 7.69. The largest absolute Gasteiger partial charge is 0.382 e. The Kier molecular flexibility index (Phi) is 6.65. The zero-order valence-electron chi connectivity index (χ0n) is 16.8. The van der Waals surface area contributed by atoms with Crippen molar-refractivity contribution < 1.29 is 18.7 Å². The number of carbonyl (C=O) groups is 1. The van der Waals surface area contributed by atoms with Crippen LogP contribution in [0, 0.1) is 5.82 Å². The molecular weight excluding hydrogens is 359 g/mol. The zero-order valence-corrected chi connectivity index (χ0v) is 16.8. The van der Waals surface area contributed by atoms with E-state index in [0.717, 1.165) is 24.8 Å². The van der Waals surface area contributed by atoms with Gasteiger partial charge in [-0.3, -0.25) is 10.1 Å². The van der Waals surface area contributed by atoms with Crippen molar-refractivity contribution in [3.05, 3.63) is 59.4 Å². The molecule has 0 bridgehead atoms. The smallest absolute Gasteiger partial charge is 0.244 e. The molecule has 1 aliphatic heterocycles. The Labute approximate surface area is 166 Å². The second-order valence-electron chi connectivity index (χ2n) is 7.69. The number of hydrogen-bond donors (Lipinski definition) is 1. The number of rotatable bonds is 7. The molecule has 1 heterocycles. The van der Waals surface area contributed by atoms with E-state index in [2.05, 4.69) is 17.5 Å². The first-order chi connectivity index (χ1) is 13.4. The Hall–Kier alpha value is -2.02. The lowest BCUT2D eigenvalue weighted by atomic mass is 9.96. The topological polar surface area (TPSA) is 50.8 Å². The molecule has 28 heavy (non-hydrogen) atoms. The number of amides is 1. The van der Waals surface area contributed by atoms with E-state index in [4.69, 9.17) is 9.47 Å². The van der Waals surface area contributed by atoms with Crippen LogP contribution in [0.1, 0.15) is 24.8 Å². The summed E-state index contributed by atoms with van der Waals surface area (Å²) in [6.45, 7) is 0.604. The van der Waals surface area contributed by atoms with Crippen LogP contribution in [0.25, 0.3) is 0 Å². The Morgan fingerprint density at radius 3 is 2.79 bits per heavy atom. The number of hydrogen-bond acceptors (Lipinski definition) is 4. The van der Waals surface area contributed by atoms with Crippen molar-refractivity contribution in [3.8, 4) is 0 Å². The highest BCUT2D eigenvalue weighted by molar-refractivity contribution is 5.86. The summed E-state index contributed by atoms with van der Waals surface area (Å²) < 4.78 is 24.9. The fraction of sp³-hybridized carbons (Fsp3) is 0.500. The first-order valence-electron chi connectivity index (χ1n) is 9.67. The average molecular weight is 388 g/mol. The molecule has 3 rings (SSSR count). The molecular formula is C22H29FN2O3. The second kappa shape index (κ2) is 8.99. The van der Waals surface area contributed by atoms with Crippen LogP contribution in [0.5, 0.6) is 0 Å². The van der Waals surface area contributed by atoms with Gasteiger partial charge in [-0.05, 0) is 30.9 Å². The summed E-state index contributed by atoms with van der Waals surface area (Å²) in [5.74, 6) is -0.197. The van der Waals surface area contributed by atoms with Crippen molar-refractivity contribution in [2.24, 2.45) is 0 Å². The third kappa shape index (κ3) is 4.51. The molecule has 0 aromatic heterocycles. The number of nitrogens with one attached hydrogen (secondary N) is 1. The maximum Gasteiger partial charge on any atom is 0.244 e. The van der Waals surface area contributed by atoms with E-state index in [-0.39, 0.29) is 30.5 Å². The number of likely N-dealkylation sites (N-methyl/N-ethyl adjacent to an activating group) is 1. The van der Waals surface area contributed by atoms with E-state index < -0.39 is 5.54 Å². The van der Waals surface area contributed by atoms with Gasteiger partial charge >= 0.3 is 0 Å². The molecule has 1 aliphatic carbocycles. The van der Waals surface area contributed by atoms with Crippen molar-refractivity contribution in [2.45, 2.75) is 43.6 Å². The molecule has 1 amide bonds. The van der Waals surface area contributed by atoms with Gasteiger partial charge in [0.25, 0.3) is 0 Å². The molecule has 152 valence electrons. The molecule has 1 fully saturated rings. The molecule has 5 nitrogen and oxygen atoms in total. The molecule has 0 radical (unpaired) electrons. The zero-order chi connectivity index (χ0) is 20.1. The van der Waals surface area contributed by atoms with E-state index in [9.17, 15) is 9.18 Å². The molecule has 0 spiro atoms. The van der Waals surface area contributed by atoms with E-state index >= 15 is 0 Å². The predicted octanol–water partition coefficient (Wildman–Crippen LogP) is 2.82. The highest BCUT2D eigenvalue weighted by Crippen LogP contribution is 2.31. The first-order valence-corrected chi connectivity index (χ1v) is 9.67. The maximum absolute atomic E-state index is 13.7. The molecule has 1 aromatic carbocycles. The standard InChI is InChI=1S/C22H29FN2O3/c1-25(2)21(26)22(15-27-3)13-12-20(24-22)16-8-10-18(11-9-16)28-14-17-6-4-5-7-19(17)23/h4-10,18,20,24H,11-15H2,1-3H3/t18?,20-,22?/m1/s1. The number of carbonyl (C=O) groups excluding carboxylic acids is 1. The summed E-state index contributed by atoms with van der Waals surface area (Å²) in [7, 11) is 5.16. The SMILES string of the molecule is COCC1(C(=O)N(C)C)CC[C@H](C2=CCC(OCc3ccccc3F)C=C2)N1. The van der Waals surface area contributed by atoms with Crippen LogP contribution < -0.4 is 5.32 Å². The minimum atomic E-state index is -0.671. The molecule has 1 aromatic rings. The number of ether oxygens (including phenoxy) is 2. The summed E-state index contributed by atoms with van der Waals surface area (Å²) in [4.78, 5) is 14.3. The minimum absolute atomic E-state index is 0.0448. The Morgan fingerprint density at radius 2 is 2.14 bits per heavy atom. The maximum atomic E-state index is 13.7. The quantitative estimate of drug-likeness (QED) is 0.780. The number of nitrogens with zero attached hydrogens (tertiary/aromatic N) is 1. The lowest BCUT2D eigenvalue weighted by Crippen LogP contribution is -2.57. The normalized spacial score (nSPS) is 26.9. The summed E-state index contributed by atoms with van der Waals surface area (Å²) in [5.41, 5.74) is 1.06. The number of halogens is 1. The van der Waals surface area contributed by atoms with Gasteiger partial charge < -0.3 is 14.4 Å². The molecule has 0 saturated carbocycles. The third-order valence-electron chi connectivity index (χ3n) is 5.42. The molecule has 1 N–H and O–H groups in total. The third-order valence-corrected chi connectivity index (χ3v) is 5.42. The van der Waals surface area contributed by atoms with E-state index in [1.807, 2.05) is 12.1 Å². The fourth-order valence-corrected chi connectivity index (χ4v) is 3.95. The van der Waals surface area contributed by atoms with Crippen molar-refractivity contribution >= 4 is 5.91 Å². The lowest BCUT2D eigenvalue weighted by Gasteiger charge is -2.31. The molecule has 6 heteroatoms. The van der Waals surface area contributed by atoms with Gasteiger partial charge in [-0.15, -0.1) is 0 Å². The van der Waals surface area contributed by atoms with Gasteiger partial charge in [-0.2, -0.15) is 0 Å². The predicted molar refractivity (Wildman–Crippen MR) is 106 cm³/mol. The Balaban J connectivity index is 1.57. The summed E-state index contributed by atoms with van der Waals surface area (Å²) in [5, 5.41) is 3.51. The van der Waals surface area contributed by atoms with E-state index in [0.29, 0.717) is 12.2 Å². The monoisotopic (exact) mass is 388 g/mol.